The van der Waals surface area contributed by atoms with E-state index in [0.29, 0.717) is 13.0 Å². The lowest BCUT2D eigenvalue weighted by Crippen LogP contribution is -2.29. The van der Waals surface area contributed by atoms with Gasteiger partial charge in [-0.25, -0.2) is 4.98 Å². The highest BCUT2D eigenvalue weighted by molar-refractivity contribution is 7.09. The lowest BCUT2D eigenvalue weighted by molar-refractivity contribution is -0.123. The van der Waals surface area contributed by atoms with Crippen molar-refractivity contribution >= 4 is 17.2 Å². The zero-order chi connectivity index (χ0) is 12.0. The van der Waals surface area contributed by atoms with Crippen LogP contribution in [0.3, 0.4) is 0 Å². The van der Waals surface area contributed by atoms with Crippen LogP contribution in [0.2, 0.25) is 0 Å². The Labute approximate surface area is 99.3 Å². The van der Waals surface area contributed by atoms with Crippen LogP contribution in [-0.2, 0) is 11.3 Å². The summed E-state index contributed by atoms with van der Waals surface area (Å²) in [6.45, 7) is 4.29. The molecule has 5 heteroatoms. The number of hydrogen-bond acceptors (Lipinski definition) is 4. The molecule has 1 amide bonds. The Morgan fingerprint density at radius 1 is 1.75 bits per heavy atom. The average Bonchev–Trinajstić information content (AvgIpc) is 2.68. The van der Waals surface area contributed by atoms with E-state index in [2.05, 4.69) is 10.3 Å². The van der Waals surface area contributed by atoms with Crippen LogP contribution < -0.4 is 5.32 Å². The Kier molecular flexibility index (Phi) is 4.93. The first-order valence-corrected chi connectivity index (χ1v) is 6.13. The first-order chi connectivity index (χ1) is 7.67. The Hall–Kier alpha value is -1.41. The van der Waals surface area contributed by atoms with Crippen molar-refractivity contribution in [2.75, 3.05) is 0 Å². The van der Waals surface area contributed by atoms with Gasteiger partial charge in [-0.05, 0) is 13.3 Å². The molecule has 0 spiro atoms. The number of carbonyl (C=O) groups excluding carboxylic acids is 1. The van der Waals surface area contributed by atoms with Crippen LogP contribution in [0.1, 0.15) is 30.5 Å². The minimum absolute atomic E-state index is 0.197. The molecule has 1 aromatic heterocycles. The number of nitrogens with one attached hydrogen (secondary N) is 1. The molecule has 1 unspecified atom stereocenters. The van der Waals surface area contributed by atoms with E-state index in [4.69, 9.17) is 5.26 Å². The molecule has 0 aliphatic rings. The number of carbonyl (C=O) groups is 1. The van der Waals surface area contributed by atoms with E-state index in [1.165, 1.54) is 11.3 Å². The average molecular weight is 237 g/mol. The Balaban J connectivity index is 2.43. The number of nitrogens with zero attached hydrogens (tertiary/aromatic N) is 2. The molecule has 0 aliphatic heterocycles. The van der Waals surface area contributed by atoms with Crippen molar-refractivity contribution in [2.45, 2.75) is 33.2 Å². The number of aromatic nitrogens is 1. The number of thiazole rings is 1. The van der Waals surface area contributed by atoms with Crippen molar-refractivity contribution in [1.82, 2.24) is 10.3 Å². The Bertz CT molecular complexity index is 394. The van der Waals surface area contributed by atoms with Crippen molar-refractivity contribution in [2.24, 2.45) is 5.92 Å². The molecule has 16 heavy (non-hydrogen) atoms. The molecule has 86 valence electrons. The van der Waals surface area contributed by atoms with Gasteiger partial charge in [0.2, 0.25) is 5.91 Å². The molecule has 4 nitrogen and oxygen atoms in total. The minimum Gasteiger partial charge on any atom is -0.348 e. The lowest BCUT2D eigenvalue weighted by atomic mass is 10.1. The van der Waals surface area contributed by atoms with Crippen LogP contribution in [-0.4, -0.2) is 10.9 Å². The molecule has 0 bridgehead atoms. The van der Waals surface area contributed by atoms with Crippen molar-refractivity contribution in [3.63, 3.8) is 0 Å². The Morgan fingerprint density at radius 2 is 2.50 bits per heavy atom. The molecule has 0 saturated heterocycles. The van der Waals surface area contributed by atoms with Crippen LogP contribution in [0, 0.1) is 24.2 Å². The zero-order valence-corrected chi connectivity index (χ0v) is 10.3. The molecule has 0 fully saturated rings. The summed E-state index contributed by atoms with van der Waals surface area (Å²) in [4.78, 5) is 15.8. The number of rotatable bonds is 5. The maximum atomic E-state index is 11.6. The van der Waals surface area contributed by atoms with Crippen molar-refractivity contribution in [3.8, 4) is 6.07 Å². The maximum absolute atomic E-state index is 11.6. The maximum Gasteiger partial charge on any atom is 0.237 e. The molecule has 1 heterocycles. The largest absolute Gasteiger partial charge is 0.348 e. The second-order valence-corrected chi connectivity index (χ2v) is 4.51. The van der Waals surface area contributed by atoms with Crippen LogP contribution in [0.15, 0.2) is 5.38 Å². The highest BCUT2D eigenvalue weighted by atomic mass is 32.1. The van der Waals surface area contributed by atoms with Gasteiger partial charge in [0, 0.05) is 11.1 Å². The number of nitriles is 1. The van der Waals surface area contributed by atoms with Gasteiger partial charge in [0.15, 0.2) is 0 Å². The summed E-state index contributed by atoms with van der Waals surface area (Å²) in [5.74, 6) is -0.733. The fourth-order valence-corrected chi connectivity index (χ4v) is 2.02. The first-order valence-electron chi connectivity index (χ1n) is 5.25. The molecule has 1 aromatic rings. The predicted octanol–water partition coefficient (Wildman–Crippen LogP) is 2.01. The molecule has 1 rings (SSSR count). The second-order valence-electron chi connectivity index (χ2n) is 3.57. The third-order valence-corrected chi connectivity index (χ3v) is 3.10. The first kappa shape index (κ1) is 12.7. The lowest BCUT2D eigenvalue weighted by Gasteiger charge is -2.07. The van der Waals surface area contributed by atoms with Crippen molar-refractivity contribution < 1.29 is 4.79 Å². The van der Waals surface area contributed by atoms with E-state index < -0.39 is 5.92 Å². The second kappa shape index (κ2) is 6.23. The van der Waals surface area contributed by atoms with Gasteiger partial charge in [0.05, 0.1) is 12.6 Å². The highest BCUT2D eigenvalue weighted by Gasteiger charge is 2.16. The predicted molar refractivity (Wildman–Crippen MR) is 62.7 cm³/mol. The standard InChI is InChI=1S/C11H15N3OS/c1-3-4-9(5-12)11(15)13-6-10-14-8(2)7-16-10/h7,9H,3-4,6H2,1-2H3,(H,13,15). The van der Waals surface area contributed by atoms with E-state index >= 15 is 0 Å². The molecule has 0 aromatic carbocycles. The number of aryl methyl sites for hydroxylation is 1. The molecule has 0 radical (unpaired) electrons. The van der Waals surface area contributed by atoms with Gasteiger partial charge in [-0.15, -0.1) is 11.3 Å². The van der Waals surface area contributed by atoms with Gasteiger partial charge in [-0.3, -0.25) is 4.79 Å². The number of amides is 1. The molecule has 1 N–H and O–H groups in total. The third kappa shape index (κ3) is 3.63. The SMILES string of the molecule is CCCC(C#N)C(=O)NCc1nc(C)cs1. The van der Waals surface area contributed by atoms with Gasteiger partial charge in [-0.2, -0.15) is 5.26 Å². The summed E-state index contributed by atoms with van der Waals surface area (Å²) in [6, 6.07) is 2.02. The summed E-state index contributed by atoms with van der Waals surface area (Å²) in [7, 11) is 0. The number of hydrogen-bond donors (Lipinski definition) is 1. The summed E-state index contributed by atoms with van der Waals surface area (Å²) in [5.41, 5.74) is 0.958. The van der Waals surface area contributed by atoms with E-state index in [9.17, 15) is 4.79 Å². The zero-order valence-electron chi connectivity index (χ0n) is 9.49. The normalized spacial score (nSPS) is 11.8. The summed E-state index contributed by atoms with van der Waals surface area (Å²) in [5, 5.41) is 14.4. The van der Waals surface area contributed by atoms with E-state index in [1.807, 2.05) is 25.3 Å². The van der Waals surface area contributed by atoms with Crippen molar-refractivity contribution in [3.05, 3.63) is 16.1 Å². The molecule has 1 atom stereocenters. The topological polar surface area (TPSA) is 65.8 Å². The van der Waals surface area contributed by atoms with E-state index in [-0.39, 0.29) is 5.91 Å². The van der Waals surface area contributed by atoms with Gasteiger partial charge in [0.1, 0.15) is 10.9 Å². The van der Waals surface area contributed by atoms with E-state index in [0.717, 1.165) is 17.1 Å². The molecule has 0 aliphatic carbocycles. The minimum atomic E-state index is -0.536. The fourth-order valence-electron chi connectivity index (χ4n) is 1.31. The summed E-state index contributed by atoms with van der Waals surface area (Å²) >= 11 is 1.52. The molecular weight excluding hydrogens is 222 g/mol. The molecular formula is C11H15N3OS. The van der Waals surface area contributed by atoms with Gasteiger partial charge < -0.3 is 5.32 Å². The quantitative estimate of drug-likeness (QED) is 0.851. The van der Waals surface area contributed by atoms with Gasteiger partial charge >= 0.3 is 0 Å². The summed E-state index contributed by atoms with van der Waals surface area (Å²) in [6.07, 6.45) is 1.45. The summed E-state index contributed by atoms with van der Waals surface area (Å²) < 4.78 is 0. The van der Waals surface area contributed by atoms with Crippen molar-refractivity contribution in [1.29, 1.82) is 5.26 Å². The van der Waals surface area contributed by atoms with Crippen LogP contribution >= 0.6 is 11.3 Å². The van der Waals surface area contributed by atoms with Gasteiger partial charge in [0.25, 0.3) is 0 Å². The van der Waals surface area contributed by atoms with Crippen LogP contribution in [0.5, 0.6) is 0 Å². The monoisotopic (exact) mass is 237 g/mol. The third-order valence-electron chi connectivity index (χ3n) is 2.13. The Morgan fingerprint density at radius 3 is 3.00 bits per heavy atom. The van der Waals surface area contributed by atoms with Crippen LogP contribution in [0.4, 0.5) is 0 Å². The van der Waals surface area contributed by atoms with E-state index in [1.54, 1.807) is 0 Å². The van der Waals surface area contributed by atoms with Crippen LogP contribution in [0.25, 0.3) is 0 Å². The van der Waals surface area contributed by atoms with Gasteiger partial charge in [-0.1, -0.05) is 13.3 Å². The fraction of sp³-hybridized carbons (Fsp3) is 0.545. The highest BCUT2D eigenvalue weighted by Crippen LogP contribution is 2.09. The molecule has 0 saturated carbocycles. The smallest absolute Gasteiger partial charge is 0.237 e.